The van der Waals surface area contributed by atoms with Crippen molar-refractivity contribution in [2.45, 2.75) is 12.8 Å². The molecule has 0 radical (unpaired) electrons. The van der Waals surface area contributed by atoms with Gasteiger partial charge in [-0.2, -0.15) is 0 Å². The molecule has 1 fully saturated rings. The molecule has 0 saturated carbocycles. The molecule has 1 saturated heterocycles. The van der Waals surface area contributed by atoms with Gasteiger partial charge in [-0.1, -0.05) is 6.07 Å². The Balaban J connectivity index is 1.44. The van der Waals surface area contributed by atoms with Gasteiger partial charge in [0.2, 0.25) is 5.91 Å². The lowest BCUT2D eigenvalue weighted by molar-refractivity contribution is -0.118. The Morgan fingerprint density at radius 1 is 1.00 bits per heavy atom. The first-order chi connectivity index (χ1) is 13.0. The van der Waals surface area contributed by atoms with E-state index in [0.717, 1.165) is 30.9 Å². The van der Waals surface area contributed by atoms with Gasteiger partial charge in [0.1, 0.15) is 5.82 Å². The summed E-state index contributed by atoms with van der Waals surface area (Å²) < 4.78 is 13.4. The molecule has 0 N–H and O–H groups in total. The van der Waals surface area contributed by atoms with E-state index < -0.39 is 5.82 Å². The molecular weight excluding hydrogens is 345 g/mol. The van der Waals surface area contributed by atoms with E-state index in [1.165, 1.54) is 17.7 Å². The first-order valence-corrected chi connectivity index (χ1v) is 9.22. The summed E-state index contributed by atoms with van der Waals surface area (Å²) in [4.78, 5) is 30.1. The fraction of sp³-hybridized carbons (Fsp3) is 0.333. The Morgan fingerprint density at radius 3 is 2.52 bits per heavy atom. The molecule has 0 atom stereocenters. The monoisotopic (exact) mass is 367 g/mol. The average Bonchev–Trinajstić information content (AvgIpc) is 2.70. The molecule has 0 aliphatic carbocycles. The van der Waals surface area contributed by atoms with E-state index in [-0.39, 0.29) is 11.8 Å². The van der Waals surface area contributed by atoms with Crippen molar-refractivity contribution >= 4 is 23.2 Å². The lowest BCUT2D eigenvalue weighted by atomic mass is 10.0. The van der Waals surface area contributed by atoms with Crippen LogP contribution in [0.3, 0.4) is 0 Å². The fourth-order valence-corrected chi connectivity index (χ4v) is 3.81. The highest BCUT2D eigenvalue weighted by Crippen LogP contribution is 2.31. The van der Waals surface area contributed by atoms with Gasteiger partial charge in [-0.15, -0.1) is 0 Å². The maximum absolute atomic E-state index is 13.4. The summed E-state index contributed by atoms with van der Waals surface area (Å²) in [5.41, 5.74) is 3.68. The third-order valence-corrected chi connectivity index (χ3v) is 5.41. The minimum atomic E-state index is -0.392. The van der Waals surface area contributed by atoms with Crippen molar-refractivity contribution < 1.29 is 14.0 Å². The Morgan fingerprint density at radius 2 is 1.78 bits per heavy atom. The number of aryl methyl sites for hydroxylation is 1. The number of carbonyl (C=O) groups is 2. The van der Waals surface area contributed by atoms with Gasteiger partial charge in [-0.05, 0) is 48.4 Å². The number of amides is 2. The van der Waals surface area contributed by atoms with Crippen molar-refractivity contribution in [1.82, 2.24) is 4.90 Å². The van der Waals surface area contributed by atoms with E-state index in [0.29, 0.717) is 25.1 Å². The molecule has 0 bridgehead atoms. The molecule has 27 heavy (non-hydrogen) atoms. The highest BCUT2D eigenvalue weighted by molar-refractivity contribution is 5.96. The Labute approximate surface area is 158 Å². The number of nitrogens with zero attached hydrogens (tertiary/aromatic N) is 3. The van der Waals surface area contributed by atoms with Crippen LogP contribution in [-0.4, -0.2) is 49.9 Å². The van der Waals surface area contributed by atoms with Crippen LogP contribution in [0.2, 0.25) is 0 Å². The number of carbonyl (C=O) groups excluding carboxylic acids is 2. The van der Waals surface area contributed by atoms with Crippen LogP contribution in [0.4, 0.5) is 15.8 Å². The largest absolute Gasteiger partial charge is 0.368 e. The molecule has 5 nitrogen and oxygen atoms in total. The van der Waals surface area contributed by atoms with Crippen molar-refractivity contribution in [1.29, 1.82) is 0 Å². The third kappa shape index (κ3) is 3.39. The Bertz CT molecular complexity index is 891. The first-order valence-electron chi connectivity index (χ1n) is 9.22. The zero-order valence-corrected chi connectivity index (χ0v) is 15.3. The number of halogens is 1. The van der Waals surface area contributed by atoms with Crippen molar-refractivity contribution in [2.75, 3.05) is 43.0 Å². The van der Waals surface area contributed by atoms with Crippen molar-refractivity contribution in [2.24, 2.45) is 0 Å². The SMILES string of the molecule is CN1C(=O)CCc2cc(N3CCN(C(=O)c4cccc(F)c4)CC3)ccc21. The summed E-state index contributed by atoms with van der Waals surface area (Å²) in [5, 5.41) is 0. The summed E-state index contributed by atoms with van der Waals surface area (Å²) in [6, 6.07) is 12.0. The van der Waals surface area contributed by atoms with E-state index in [2.05, 4.69) is 11.0 Å². The molecule has 6 heteroatoms. The smallest absolute Gasteiger partial charge is 0.254 e. The van der Waals surface area contributed by atoms with Crippen molar-refractivity contribution in [3.05, 3.63) is 59.4 Å². The second-order valence-electron chi connectivity index (χ2n) is 7.06. The van der Waals surface area contributed by atoms with Gasteiger partial charge in [0.25, 0.3) is 5.91 Å². The molecule has 0 unspecified atom stereocenters. The van der Waals surface area contributed by atoms with Gasteiger partial charge >= 0.3 is 0 Å². The standard InChI is InChI=1S/C21H22FN3O2/c1-23-19-7-6-18(14-15(19)5-8-20(23)26)24-9-11-25(12-10-24)21(27)16-3-2-4-17(22)13-16/h2-4,6-7,13-14H,5,8-12H2,1H3. The normalized spacial score (nSPS) is 17.1. The molecule has 0 spiro atoms. The zero-order chi connectivity index (χ0) is 19.0. The number of hydrogen-bond acceptors (Lipinski definition) is 3. The third-order valence-electron chi connectivity index (χ3n) is 5.41. The van der Waals surface area contributed by atoms with Gasteiger partial charge in [0.05, 0.1) is 0 Å². The van der Waals surface area contributed by atoms with Crippen LogP contribution >= 0.6 is 0 Å². The fourth-order valence-electron chi connectivity index (χ4n) is 3.81. The van der Waals surface area contributed by atoms with Crippen LogP contribution in [0.1, 0.15) is 22.3 Å². The van der Waals surface area contributed by atoms with E-state index in [4.69, 9.17) is 0 Å². The van der Waals surface area contributed by atoms with Crippen LogP contribution < -0.4 is 9.80 Å². The molecule has 0 aromatic heterocycles. The summed E-state index contributed by atoms with van der Waals surface area (Å²) in [6.07, 6.45) is 1.31. The van der Waals surface area contributed by atoms with Crippen LogP contribution in [0.5, 0.6) is 0 Å². The zero-order valence-electron chi connectivity index (χ0n) is 15.3. The van der Waals surface area contributed by atoms with Gasteiger partial charge < -0.3 is 14.7 Å². The van der Waals surface area contributed by atoms with Crippen molar-refractivity contribution in [3.8, 4) is 0 Å². The predicted octanol–water partition coefficient (Wildman–Crippen LogP) is 2.70. The van der Waals surface area contributed by atoms with Crippen LogP contribution in [0.25, 0.3) is 0 Å². The van der Waals surface area contributed by atoms with Crippen LogP contribution in [-0.2, 0) is 11.2 Å². The number of benzene rings is 2. The van der Waals surface area contributed by atoms with Crippen molar-refractivity contribution in [3.63, 3.8) is 0 Å². The number of fused-ring (bicyclic) bond motifs is 1. The maximum Gasteiger partial charge on any atom is 0.254 e. The summed E-state index contributed by atoms with van der Waals surface area (Å²) in [7, 11) is 1.82. The molecular formula is C21H22FN3O2. The summed E-state index contributed by atoms with van der Waals surface area (Å²) in [5.74, 6) is -0.364. The van der Waals surface area contributed by atoms with Gasteiger partial charge in [0.15, 0.2) is 0 Å². The maximum atomic E-state index is 13.4. The topological polar surface area (TPSA) is 43.9 Å². The average molecular weight is 367 g/mol. The van der Waals surface area contributed by atoms with Crippen LogP contribution in [0.15, 0.2) is 42.5 Å². The van der Waals surface area contributed by atoms with Gasteiger partial charge in [-0.25, -0.2) is 4.39 Å². The minimum Gasteiger partial charge on any atom is -0.368 e. The molecule has 2 aliphatic rings. The van der Waals surface area contributed by atoms with E-state index in [1.54, 1.807) is 21.9 Å². The predicted molar refractivity (Wildman–Crippen MR) is 103 cm³/mol. The molecule has 2 aliphatic heterocycles. The number of piperazine rings is 1. The highest BCUT2D eigenvalue weighted by atomic mass is 19.1. The lowest BCUT2D eigenvalue weighted by Gasteiger charge is -2.37. The van der Waals surface area contributed by atoms with Gasteiger partial charge in [-0.3, -0.25) is 9.59 Å². The van der Waals surface area contributed by atoms with Gasteiger partial charge in [0, 0.05) is 56.6 Å². The second kappa shape index (κ2) is 7.02. The van der Waals surface area contributed by atoms with Crippen LogP contribution in [0, 0.1) is 5.82 Å². The van der Waals surface area contributed by atoms with E-state index in [9.17, 15) is 14.0 Å². The Hall–Kier alpha value is -2.89. The molecule has 140 valence electrons. The molecule has 2 aromatic carbocycles. The highest BCUT2D eigenvalue weighted by Gasteiger charge is 2.25. The number of hydrogen-bond donors (Lipinski definition) is 0. The molecule has 2 aromatic rings. The molecule has 2 heterocycles. The minimum absolute atomic E-state index is 0.125. The first kappa shape index (κ1) is 17.5. The summed E-state index contributed by atoms with van der Waals surface area (Å²) >= 11 is 0. The van der Waals surface area contributed by atoms with E-state index >= 15 is 0 Å². The quantitative estimate of drug-likeness (QED) is 0.820. The number of anilines is 2. The lowest BCUT2D eigenvalue weighted by Crippen LogP contribution is -2.48. The van der Waals surface area contributed by atoms with E-state index in [1.807, 2.05) is 19.2 Å². The molecule has 2 amide bonds. The molecule has 4 rings (SSSR count). The number of rotatable bonds is 2. The Kier molecular flexibility index (Phi) is 4.56. The second-order valence-corrected chi connectivity index (χ2v) is 7.06. The summed E-state index contributed by atoms with van der Waals surface area (Å²) in [6.45, 7) is 2.67.